The average Bonchev–Trinajstić information content (AvgIpc) is 3.17. The lowest BCUT2D eigenvalue weighted by Gasteiger charge is -2.09. The van der Waals surface area contributed by atoms with Gasteiger partial charge in [-0.3, -0.25) is 9.78 Å². The molecule has 2 heterocycles. The van der Waals surface area contributed by atoms with Crippen LogP contribution in [0.1, 0.15) is 21.8 Å². The summed E-state index contributed by atoms with van der Waals surface area (Å²) in [6.45, 7) is 1.58. The third-order valence-corrected chi connectivity index (χ3v) is 3.81. The van der Waals surface area contributed by atoms with Gasteiger partial charge in [0.05, 0.1) is 36.7 Å². The second-order valence-electron chi connectivity index (χ2n) is 5.61. The van der Waals surface area contributed by atoms with E-state index in [9.17, 15) is 9.59 Å². The summed E-state index contributed by atoms with van der Waals surface area (Å²) in [6.07, 6.45) is 1.52. The number of fused-ring (bicyclic) bond motifs is 1. The Balaban J connectivity index is 1.65. The molecule has 0 fully saturated rings. The van der Waals surface area contributed by atoms with Gasteiger partial charge < -0.3 is 19.2 Å². The first-order chi connectivity index (χ1) is 12.6. The molecule has 2 aromatic heterocycles. The Morgan fingerprint density at radius 3 is 2.81 bits per heavy atom. The maximum Gasteiger partial charge on any atom is 0.340 e. The quantitative estimate of drug-likeness (QED) is 0.684. The number of nitrogens with one attached hydrogen (secondary N) is 1. The van der Waals surface area contributed by atoms with Crippen LogP contribution in [0.25, 0.3) is 10.9 Å². The summed E-state index contributed by atoms with van der Waals surface area (Å²) >= 11 is 0. The van der Waals surface area contributed by atoms with Gasteiger partial charge in [0.25, 0.3) is 5.91 Å². The number of aromatic nitrogens is 1. The average molecular weight is 354 g/mol. The molecular weight excluding hydrogens is 336 g/mol. The highest BCUT2D eigenvalue weighted by Crippen LogP contribution is 2.22. The van der Waals surface area contributed by atoms with E-state index in [2.05, 4.69) is 10.3 Å². The zero-order chi connectivity index (χ0) is 18.5. The molecule has 1 N–H and O–H groups in total. The first kappa shape index (κ1) is 17.5. The number of pyridine rings is 1. The Morgan fingerprint density at radius 1 is 1.23 bits per heavy atom. The van der Waals surface area contributed by atoms with E-state index in [4.69, 9.17) is 13.9 Å². The summed E-state index contributed by atoms with van der Waals surface area (Å²) in [5, 5.41) is 3.36. The number of furan rings is 1. The van der Waals surface area contributed by atoms with Gasteiger partial charge in [0.2, 0.25) is 0 Å². The molecule has 3 aromatic rings. The van der Waals surface area contributed by atoms with Crippen LogP contribution in [0.5, 0.6) is 5.75 Å². The van der Waals surface area contributed by atoms with E-state index in [1.54, 1.807) is 44.4 Å². The van der Waals surface area contributed by atoms with Crippen LogP contribution in [0.15, 0.2) is 47.1 Å². The van der Waals surface area contributed by atoms with Crippen molar-refractivity contribution in [2.75, 3.05) is 13.7 Å². The van der Waals surface area contributed by atoms with Crippen LogP contribution < -0.4 is 10.1 Å². The van der Waals surface area contributed by atoms with Gasteiger partial charge in [-0.25, -0.2) is 4.79 Å². The fraction of sp³-hybridized carbons (Fsp3) is 0.211. The predicted molar refractivity (Wildman–Crippen MR) is 93.9 cm³/mol. The van der Waals surface area contributed by atoms with E-state index in [0.29, 0.717) is 22.8 Å². The molecule has 0 unspecified atom stereocenters. The van der Waals surface area contributed by atoms with E-state index in [0.717, 1.165) is 10.9 Å². The van der Waals surface area contributed by atoms with Gasteiger partial charge in [-0.1, -0.05) is 0 Å². The van der Waals surface area contributed by atoms with Gasteiger partial charge in [0.15, 0.2) is 6.61 Å². The van der Waals surface area contributed by atoms with Crippen molar-refractivity contribution >= 4 is 22.8 Å². The van der Waals surface area contributed by atoms with Crippen LogP contribution in [-0.4, -0.2) is 30.6 Å². The van der Waals surface area contributed by atoms with Crippen molar-refractivity contribution in [1.29, 1.82) is 0 Å². The number of methoxy groups -OCH3 is 1. The number of rotatable bonds is 6. The SMILES string of the molecule is COc1ccc2nc(C)c(C(=O)OCC(=O)NCc3ccco3)cc2c1. The lowest BCUT2D eigenvalue weighted by Crippen LogP contribution is -2.28. The molecule has 0 aliphatic heterocycles. The lowest BCUT2D eigenvalue weighted by atomic mass is 10.1. The van der Waals surface area contributed by atoms with Crippen LogP contribution in [0.2, 0.25) is 0 Å². The normalized spacial score (nSPS) is 10.5. The predicted octanol–water partition coefficient (Wildman–Crippen LogP) is 2.62. The smallest absolute Gasteiger partial charge is 0.340 e. The van der Waals surface area contributed by atoms with E-state index in [1.807, 2.05) is 6.07 Å². The second kappa shape index (κ2) is 7.69. The van der Waals surface area contributed by atoms with Crippen LogP contribution in [-0.2, 0) is 16.1 Å². The van der Waals surface area contributed by atoms with Crippen molar-refractivity contribution in [2.24, 2.45) is 0 Å². The minimum Gasteiger partial charge on any atom is -0.497 e. The van der Waals surface area contributed by atoms with Gasteiger partial charge in [-0.2, -0.15) is 0 Å². The number of carbonyl (C=O) groups is 2. The standard InChI is InChI=1S/C19H18N2O5/c1-12-16(9-13-8-14(24-2)5-6-17(13)21-12)19(23)26-11-18(22)20-10-15-4-3-7-25-15/h3-9H,10-11H2,1-2H3,(H,20,22). The summed E-state index contributed by atoms with van der Waals surface area (Å²) in [7, 11) is 1.57. The molecule has 7 nitrogen and oxygen atoms in total. The van der Waals surface area contributed by atoms with Crippen LogP contribution >= 0.6 is 0 Å². The third kappa shape index (κ3) is 4.00. The monoisotopic (exact) mass is 354 g/mol. The minimum atomic E-state index is -0.604. The van der Waals surface area contributed by atoms with Gasteiger partial charge in [-0.15, -0.1) is 0 Å². The van der Waals surface area contributed by atoms with Crippen molar-refractivity contribution in [2.45, 2.75) is 13.5 Å². The number of hydrogen-bond donors (Lipinski definition) is 1. The van der Waals surface area contributed by atoms with Crippen LogP contribution in [0.3, 0.4) is 0 Å². The van der Waals surface area contributed by atoms with Crippen molar-refractivity contribution < 1.29 is 23.5 Å². The van der Waals surface area contributed by atoms with Gasteiger partial charge >= 0.3 is 5.97 Å². The lowest BCUT2D eigenvalue weighted by molar-refractivity contribution is -0.124. The van der Waals surface area contributed by atoms with Crippen molar-refractivity contribution in [3.8, 4) is 5.75 Å². The summed E-state index contributed by atoms with van der Waals surface area (Å²) in [6, 6.07) is 10.6. The van der Waals surface area contributed by atoms with E-state index < -0.39 is 11.9 Å². The molecule has 0 atom stereocenters. The molecule has 0 spiro atoms. The Kier molecular flexibility index (Phi) is 5.17. The Labute approximate surface area is 149 Å². The zero-order valence-corrected chi connectivity index (χ0v) is 14.4. The minimum absolute atomic E-state index is 0.236. The highest BCUT2D eigenvalue weighted by molar-refractivity contribution is 5.96. The van der Waals surface area contributed by atoms with Crippen molar-refractivity contribution in [3.63, 3.8) is 0 Å². The molecule has 0 saturated heterocycles. The molecule has 0 aliphatic rings. The summed E-state index contributed by atoms with van der Waals surface area (Å²) in [5.41, 5.74) is 1.59. The largest absolute Gasteiger partial charge is 0.497 e. The Bertz CT molecular complexity index is 935. The van der Waals surface area contributed by atoms with E-state index in [-0.39, 0.29) is 13.2 Å². The van der Waals surface area contributed by atoms with E-state index in [1.165, 1.54) is 6.26 Å². The van der Waals surface area contributed by atoms with Crippen molar-refractivity contribution in [3.05, 3.63) is 59.7 Å². The van der Waals surface area contributed by atoms with Gasteiger partial charge in [0, 0.05) is 5.39 Å². The second-order valence-corrected chi connectivity index (χ2v) is 5.61. The number of esters is 1. The fourth-order valence-corrected chi connectivity index (χ4v) is 2.44. The fourth-order valence-electron chi connectivity index (χ4n) is 2.44. The third-order valence-electron chi connectivity index (χ3n) is 3.81. The summed E-state index contributed by atoms with van der Waals surface area (Å²) in [4.78, 5) is 28.5. The number of aryl methyl sites for hydroxylation is 1. The molecule has 0 radical (unpaired) electrons. The number of nitrogens with zero attached hydrogens (tertiary/aromatic N) is 1. The first-order valence-corrected chi connectivity index (χ1v) is 7.98. The topological polar surface area (TPSA) is 90.7 Å². The number of carbonyl (C=O) groups excluding carboxylic acids is 2. The number of ether oxygens (including phenoxy) is 2. The van der Waals surface area contributed by atoms with E-state index >= 15 is 0 Å². The molecule has 7 heteroatoms. The molecule has 3 rings (SSSR count). The maximum absolute atomic E-state index is 12.3. The number of amides is 1. The number of hydrogen-bond acceptors (Lipinski definition) is 6. The molecule has 1 aromatic carbocycles. The molecule has 0 saturated carbocycles. The maximum atomic E-state index is 12.3. The summed E-state index contributed by atoms with van der Waals surface area (Å²) in [5.74, 6) is 0.267. The highest BCUT2D eigenvalue weighted by Gasteiger charge is 2.15. The number of benzene rings is 1. The molecule has 1 amide bonds. The van der Waals surface area contributed by atoms with Crippen molar-refractivity contribution in [1.82, 2.24) is 10.3 Å². The molecule has 0 bridgehead atoms. The molecule has 0 aliphatic carbocycles. The van der Waals surface area contributed by atoms with Crippen LogP contribution in [0.4, 0.5) is 0 Å². The van der Waals surface area contributed by atoms with Gasteiger partial charge in [-0.05, 0) is 43.3 Å². The van der Waals surface area contributed by atoms with Gasteiger partial charge in [0.1, 0.15) is 11.5 Å². The first-order valence-electron chi connectivity index (χ1n) is 7.98. The summed E-state index contributed by atoms with van der Waals surface area (Å²) < 4.78 is 15.4. The Hall–Kier alpha value is -3.35. The molecular formula is C19H18N2O5. The molecule has 134 valence electrons. The van der Waals surface area contributed by atoms with Crippen LogP contribution in [0, 0.1) is 6.92 Å². The Morgan fingerprint density at radius 2 is 2.08 bits per heavy atom. The highest BCUT2D eigenvalue weighted by atomic mass is 16.5. The zero-order valence-electron chi connectivity index (χ0n) is 14.4. The molecule has 26 heavy (non-hydrogen) atoms.